The highest BCUT2D eigenvalue weighted by atomic mass is 16.6. The normalized spacial score (nSPS) is 24.5. The quantitative estimate of drug-likeness (QED) is 0.779. The van der Waals surface area contributed by atoms with Gasteiger partial charge in [-0.15, -0.1) is 0 Å². The molecule has 1 aromatic carbocycles. The van der Waals surface area contributed by atoms with Crippen molar-refractivity contribution in [3.8, 4) is 0 Å². The Kier molecular flexibility index (Phi) is 5.95. The van der Waals surface area contributed by atoms with E-state index in [0.717, 1.165) is 43.2 Å². The van der Waals surface area contributed by atoms with E-state index < -0.39 is 11.6 Å². The lowest BCUT2D eigenvalue weighted by molar-refractivity contribution is -0.125. The Morgan fingerprint density at radius 2 is 1.81 bits per heavy atom. The van der Waals surface area contributed by atoms with Gasteiger partial charge in [0, 0.05) is 25.2 Å². The van der Waals surface area contributed by atoms with Gasteiger partial charge in [-0.3, -0.25) is 9.59 Å². The third kappa shape index (κ3) is 4.55. The maximum atomic E-state index is 13.0. The predicted octanol–water partition coefficient (Wildman–Crippen LogP) is 3.77. The lowest BCUT2D eigenvalue weighted by atomic mass is 9.93. The molecule has 7 heteroatoms. The number of hydrogen-bond donors (Lipinski definition) is 1. The van der Waals surface area contributed by atoms with Crippen LogP contribution in [0.25, 0.3) is 0 Å². The minimum atomic E-state index is -0.538. The number of ether oxygens (including phenoxy) is 1. The van der Waals surface area contributed by atoms with Gasteiger partial charge in [-0.05, 0) is 76.5 Å². The number of fused-ring (bicyclic) bond motifs is 1. The molecule has 3 heterocycles. The van der Waals surface area contributed by atoms with Gasteiger partial charge in [0.2, 0.25) is 5.91 Å². The minimum absolute atomic E-state index is 0.0535. The largest absolute Gasteiger partial charge is 0.444 e. The Labute approximate surface area is 184 Å². The summed E-state index contributed by atoms with van der Waals surface area (Å²) in [5.41, 5.74) is 2.10. The summed E-state index contributed by atoms with van der Waals surface area (Å²) in [4.78, 5) is 41.9. The van der Waals surface area contributed by atoms with Gasteiger partial charge in [0.15, 0.2) is 0 Å². The van der Waals surface area contributed by atoms with E-state index in [1.54, 1.807) is 4.90 Å². The lowest BCUT2D eigenvalue weighted by Crippen LogP contribution is -2.45. The molecule has 0 aliphatic carbocycles. The first kappa shape index (κ1) is 21.7. The van der Waals surface area contributed by atoms with Gasteiger partial charge in [0.25, 0.3) is 5.91 Å². The predicted molar refractivity (Wildman–Crippen MR) is 116 cm³/mol. The zero-order valence-electron chi connectivity index (χ0n) is 18.8. The van der Waals surface area contributed by atoms with E-state index in [1.807, 2.05) is 37.8 Å². The third-order valence-corrected chi connectivity index (χ3v) is 6.36. The molecule has 0 saturated carbocycles. The molecule has 0 radical (unpaired) electrons. The molecule has 0 bridgehead atoms. The summed E-state index contributed by atoms with van der Waals surface area (Å²) in [5.74, 6) is -0.126. The summed E-state index contributed by atoms with van der Waals surface area (Å²) >= 11 is 0. The maximum absolute atomic E-state index is 13.0. The minimum Gasteiger partial charge on any atom is -0.444 e. The van der Waals surface area contributed by atoms with Gasteiger partial charge < -0.3 is 19.9 Å². The second-order valence-electron chi connectivity index (χ2n) is 9.84. The zero-order valence-corrected chi connectivity index (χ0v) is 18.8. The van der Waals surface area contributed by atoms with Gasteiger partial charge >= 0.3 is 6.09 Å². The Hall–Kier alpha value is -2.57. The van der Waals surface area contributed by atoms with E-state index in [2.05, 4.69) is 11.4 Å². The topological polar surface area (TPSA) is 79.0 Å². The third-order valence-electron chi connectivity index (χ3n) is 6.36. The average molecular weight is 428 g/mol. The summed E-state index contributed by atoms with van der Waals surface area (Å²) < 4.78 is 5.64. The number of nitrogens with zero attached hydrogens (tertiary/aromatic N) is 2. The van der Waals surface area contributed by atoms with Crippen molar-refractivity contribution >= 4 is 17.9 Å². The highest BCUT2D eigenvalue weighted by Crippen LogP contribution is 2.35. The van der Waals surface area contributed by atoms with Crippen molar-refractivity contribution in [2.75, 3.05) is 13.1 Å². The van der Waals surface area contributed by atoms with E-state index in [9.17, 15) is 14.4 Å². The van der Waals surface area contributed by atoms with Gasteiger partial charge in [0.1, 0.15) is 11.6 Å². The van der Waals surface area contributed by atoms with Crippen LogP contribution in [0.1, 0.15) is 86.8 Å². The zero-order chi connectivity index (χ0) is 22.2. The molecule has 2 saturated heterocycles. The summed E-state index contributed by atoms with van der Waals surface area (Å²) in [6, 6.07) is 5.41. The van der Waals surface area contributed by atoms with Gasteiger partial charge in [0.05, 0.1) is 6.04 Å². The molecule has 3 amide bonds. The number of carbonyl (C=O) groups is 3. The van der Waals surface area contributed by atoms with Crippen molar-refractivity contribution < 1.29 is 19.1 Å². The fourth-order valence-electron chi connectivity index (χ4n) is 4.86. The fraction of sp³-hybridized carbons (Fsp3) is 0.625. The first-order valence-electron chi connectivity index (χ1n) is 11.5. The molecule has 31 heavy (non-hydrogen) atoms. The Morgan fingerprint density at radius 1 is 1.06 bits per heavy atom. The molecule has 168 valence electrons. The monoisotopic (exact) mass is 427 g/mol. The van der Waals surface area contributed by atoms with E-state index in [1.165, 1.54) is 0 Å². The van der Waals surface area contributed by atoms with Gasteiger partial charge in [-0.1, -0.05) is 12.1 Å². The van der Waals surface area contributed by atoms with E-state index in [-0.39, 0.29) is 23.9 Å². The Bertz CT molecular complexity index is 876. The van der Waals surface area contributed by atoms with Crippen LogP contribution in [0.3, 0.4) is 0 Å². The van der Waals surface area contributed by atoms with E-state index >= 15 is 0 Å². The summed E-state index contributed by atoms with van der Waals surface area (Å²) in [5, 5.41) is 2.93. The second kappa shape index (κ2) is 8.52. The maximum Gasteiger partial charge on any atom is 0.410 e. The molecule has 1 aromatic rings. The number of rotatable bonds is 2. The number of nitrogens with one attached hydrogen (secondary N) is 1. The molecule has 4 rings (SSSR count). The Morgan fingerprint density at radius 3 is 2.58 bits per heavy atom. The molecular weight excluding hydrogens is 394 g/mol. The molecule has 2 unspecified atom stereocenters. The number of benzene rings is 1. The molecule has 0 aromatic heterocycles. The standard InChI is InChI=1S/C24H33N3O4/c1-24(2,3)31-23(30)26-13-7-5-8-19(26)16-10-11-18-17(14-16)15-27(22(18)29)20-9-4-6-12-25-21(20)28/h10-11,14,19-20H,4-9,12-13,15H2,1-3H3,(H,25,28). The Balaban J connectivity index is 1.55. The van der Waals surface area contributed by atoms with Crippen molar-refractivity contribution in [1.82, 2.24) is 15.1 Å². The highest BCUT2D eigenvalue weighted by molar-refractivity contribution is 6.01. The van der Waals surface area contributed by atoms with E-state index in [0.29, 0.717) is 31.6 Å². The molecule has 3 aliphatic heterocycles. The van der Waals surface area contributed by atoms with Crippen molar-refractivity contribution in [2.24, 2.45) is 0 Å². The lowest BCUT2D eigenvalue weighted by Gasteiger charge is -2.37. The van der Waals surface area contributed by atoms with Crippen molar-refractivity contribution in [1.29, 1.82) is 0 Å². The second-order valence-corrected chi connectivity index (χ2v) is 9.84. The van der Waals surface area contributed by atoms with Crippen molar-refractivity contribution in [3.63, 3.8) is 0 Å². The van der Waals surface area contributed by atoms with E-state index in [4.69, 9.17) is 4.74 Å². The van der Waals surface area contributed by atoms with Gasteiger partial charge in [-0.2, -0.15) is 0 Å². The molecule has 3 aliphatic rings. The van der Waals surface area contributed by atoms with Crippen LogP contribution in [0.4, 0.5) is 4.79 Å². The summed E-state index contributed by atoms with van der Waals surface area (Å²) in [6.45, 7) is 7.43. The van der Waals surface area contributed by atoms with Crippen LogP contribution in [0.15, 0.2) is 18.2 Å². The summed E-state index contributed by atoms with van der Waals surface area (Å²) in [7, 11) is 0. The first-order chi connectivity index (χ1) is 14.7. The van der Waals surface area contributed by atoms with Crippen LogP contribution in [0, 0.1) is 0 Å². The average Bonchev–Trinajstić information content (AvgIpc) is 2.89. The SMILES string of the molecule is CC(C)(C)OC(=O)N1CCCCC1c1ccc2c(c1)CN(C1CCCCNC1=O)C2=O. The van der Waals surface area contributed by atoms with Crippen LogP contribution < -0.4 is 5.32 Å². The molecule has 0 spiro atoms. The van der Waals surface area contributed by atoms with Crippen LogP contribution >= 0.6 is 0 Å². The number of carbonyl (C=O) groups excluding carboxylic acids is 3. The number of amides is 3. The smallest absolute Gasteiger partial charge is 0.410 e. The van der Waals surface area contributed by atoms with Gasteiger partial charge in [-0.25, -0.2) is 4.79 Å². The number of piperidine rings is 1. The van der Waals surface area contributed by atoms with Crippen molar-refractivity contribution in [3.05, 3.63) is 34.9 Å². The number of hydrogen-bond acceptors (Lipinski definition) is 4. The van der Waals surface area contributed by atoms with Crippen molar-refractivity contribution in [2.45, 2.75) is 83.5 Å². The van der Waals surface area contributed by atoms with Crippen LogP contribution in [-0.2, 0) is 16.1 Å². The van der Waals surface area contributed by atoms with Crippen LogP contribution in [-0.4, -0.2) is 52.4 Å². The number of likely N-dealkylation sites (tertiary alicyclic amines) is 1. The highest BCUT2D eigenvalue weighted by Gasteiger charge is 2.38. The summed E-state index contributed by atoms with van der Waals surface area (Å²) in [6.07, 6.45) is 5.18. The molecule has 7 nitrogen and oxygen atoms in total. The van der Waals surface area contributed by atoms with Crippen LogP contribution in [0.5, 0.6) is 0 Å². The molecule has 2 fully saturated rings. The first-order valence-corrected chi connectivity index (χ1v) is 11.5. The fourth-order valence-corrected chi connectivity index (χ4v) is 4.86. The molecule has 2 atom stereocenters. The molecule has 1 N–H and O–H groups in total. The van der Waals surface area contributed by atoms with Crippen LogP contribution in [0.2, 0.25) is 0 Å². The molecular formula is C24H33N3O4.